The van der Waals surface area contributed by atoms with Gasteiger partial charge in [-0.1, -0.05) is 47.5 Å². The molecule has 26 heavy (non-hydrogen) atoms. The lowest BCUT2D eigenvalue weighted by Gasteiger charge is -2.15. The average molecular weight is 390 g/mol. The summed E-state index contributed by atoms with van der Waals surface area (Å²) in [6.45, 7) is 4.27. The van der Waals surface area contributed by atoms with Crippen molar-refractivity contribution in [2.75, 3.05) is 26.2 Å². The van der Waals surface area contributed by atoms with Crippen molar-refractivity contribution in [3.63, 3.8) is 0 Å². The minimum atomic E-state index is 0.362. The predicted molar refractivity (Wildman–Crippen MR) is 110 cm³/mol. The summed E-state index contributed by atoms with van der Waals surface area (Å²) in [5.74, 6) is 0.525. The Morgan fingerprint density at radius 1 is 1.12 bits per heavy atom. The van der Waals surface area contributed by atoms with Gasteiger partial charge < -0.3 is 16.0 Å². The molecule has 1 aliphatic heterocycles. The maximum atomic E-state index is 6.59. The van der Waals surface area contributed by atoms with Crippen molar-refractivity contribution in [1.29, 1.82) is 0 Å². The van der Waals surface area contributed by atoms with E-state index in [1.807, 2.05) is 18.2 Å². The van der Waals surface area contributed by atoms with Gasteiger partial charge in [0.15, 0.2) is 0 Å². The molecule has 1 aliphatic carbocycles. The lowest BCUT2D eigenvalue weighted by Crippen LogP contribution is -2.33. The number of benzene rings is 2. The molecule has 3 N–H and O–H groups in total. The average Bonchev–Trinajstić information content (AvgIpc) is 3.26. The summed E-state index contributed by atoms with van der Waals surface area (Å²) in [5.41, 5.74) is 9.42. The van der Waals surface area contributed by atoms with Crippen molar-refractivity contribution in [3.8, 4) is 11.1 Å². The van der Waals surface area contributed by atoms with Crippen LogP contribution in [0.3, 0.4) is 0 Å². The minimum Gasteiger partial charge on any atom is -0.326 e. The summed E-state index contributed by atoms with van der Waals surface area (Å²) in [4.78, 5) is 2.45. The summed E-state index contributed by atoms with van der Waals surface area (Å²) in [6.07, 6.45) is 2.29. The zero-order valence-corrected chi connectivity index (χ0v) is 16.3. The Kier molecular flexibility index (Phi) is 5.53. The van der Waals surface area contributed by atoms with E-state index in [4.69, 9.17) is 28.9 Å². The lowest BCUT2D eigenvalue weighted by molar-refractivity contribution is 0.331. The summed E-state index contributed by atoms with van der Waals surface area (Å²) in [7, 11) is 0. The molecule has 4 rings (SSSR count). The van der Waals surface area contributed by atoms with Gasteiger partial charge in [-0.15, -0.1) is 0 Å². The van der Waals surface area contributed by atoms with Gasteiger partial charge in [0.1, 0.15) is 0 Å². The van der Waals surface area contributed by atoms with Gasteiger partial charge in [0, 0.05) is 47.7 Å². The van der Waals surface area contributed by atoms with Gasteiger partial charge in [-0.25, -0.2) is 0 Å². The first kappa shape index (κ1) is 18.3. The molecule has 2 aliphatic rings. The Hall–Kier alpha value is -1.10. The molecule has 3 nitrogen and oxygen atoms in total. The Balaban J connectivity index is 1.33. The fraction of sp³-hybridized carbons (Fsp3) is 0.429. The Bertz CT molecular complexity index is 780. The Labute approximate surface area is 165 Å². The van der Waals surface area contributed by atoms with Crippen molar-refractivity contribution in [3.05, 3.63) is 58.1 Å². The quantitative estimate of drug-likeness (QED) is 0.779. The molecule has 2 aromatic carbocycles. The third kappa shape index (κ3) is 4.24. The topological polar surface area (TPSA) is 41.3 Å². The van der Waals surface area contributed by atoms with Crippen molar-refractivity contribution >= 4 is 23.2 Å². The molecular formula is C21H25Cl2N3. The molecule has 2 fully saturated rings. The van der Waals surface area contributed by atoms with Crippen LogP contribution in [0.2, 0.25) is 10.0 Å². The number of rotatable bonds is 6. The first-order valence-electron chi connectivity index (χ1n) is 9.37. The van der Waals surface area contributed by atoms with Gasteiger partial charge in [-0.2, -0.15) is 0 Å². The Morgan fingerprint density at radius 3 is 2.69 bits per heavy atom. The third-order valence-corrected chi connectivity index (χ3v) is 6.05. The van der Waals surface area contributed by atoms with E-state index in [0.717, 1.165) is 60.2 Å². The van der Waals surface area contributed by atoms with Gasteiger partial charge in [-0.05, 0) is 54.3 Å². The molecule has 0 spiro atoms. The second-order valence-corrected chi connectivity index (χ2v) is 8.34. The van der Waals surface area contributed by atoms with Crippen molar-refractivity contribution in [1.82, 2.24) is 10.2 Å². The second kappa shape index (κ2) is 7.87. The molecule has 1 saturated carbocycles. The van der Waals surface area contributed by atoms with Gasteiger partial charge in [0.2, 0.25) is 0 Å². The summed E-state index contributed by atoms with van der Waals surface area (Å²) < 4.78 is 0. The molecule has 0 radical (unpaired) electrons. The van der Waals surface area contributed by atoms with Crippen LogP contribution in [0, 0.1) is 0 Å². The fourth-order valence-electron chi connectivity index (χ4n) is 3.91. The summed E-state index contributed by atoms with van der Waals surface area (Å²) >= 11 is 12.7. The van der Waals surface area contributed by atoms with Crippen LogP contribution in [-0.2, 0) is 0 Å². The van der Waals surface area contributed by atoms with E-state index in [-0.39, 0.29) is 0 Å². The number of nitrogens with two attached hydrogens (primary N) is 1. The zero-order valence-electron chi connectivity index (χ0n) is 14.8. The van der Waals surface area contributed by atoms with Crippen molar-refractivity contribution < 1.29 is 0 Å². The molecule has 3 atom stereocenters. The van der Waals surface area contributed by atoms with Gasteiger partial charge in [0.05, 0.1) is 0 Å². The normalized spacial score (nSPS) is 25.6. The maximum Gasteiger partial charge on any atom is 0.0447 e. The molecule has 1 heterocycles. The first-order chi connectivity index (χ1) is 12.6. The van der Waals surface area contributed by atoms with E-state index in [1.54, 1.807) is 0 Å². The van der Waals surface area contributed by atoms with E-state index in [1.165, 1.54) is 5.56 Å². The number of hydrogen-bond donors (Lipinski definition) is 2. The van der Waals surface area contributed by atoms with Crippen LogP contribution >= 0.6 is 23.2 Å². The number of likely N-dealkylation sites (tertiary alicyclic amines) is 1. The SMILES string of the molecule is NC1CCN(CCN[C@@H]2C[C@H]2c2ccc(-c3cccc(Cl)c3)cc2Cl)C1. The smallest absolute Gasteiger partial charge is 0.0447 e. The molecular weight excluding hydrogens is 365 g/mol. The second-order valence-electron chi connectivity index (χ2n) is 7.50. The predicted octanol–water partition coefficient (Wildman–Crippen LogP) is 4.14. The zero-order chi connectivity index (χ0) is 18.1. The van der Waals surface area contributed by atoms with Crippen LogP contribution in [0.15, 0.2) is 42.5 Å². The highest BCUT2D eigenvalue weighted by Crippen LogP contribution is 2.44. The van der Waals surface area contributed by atoms with Gasteiger partial charge in [0.25, 0.3) is 0 Å². The molecule has 0 amide bonds. The number of nitrogens with zero attached hydrogens (tertiary/aromatic N) is 1. The minimum absolute atomic E-state index is 0.362. The molecule has 0 bridgehead atoms. The highest BCUT2D eigenvalue weighted by Gasteiger charge is 2.39. The maximum absolute atomic E-state index is 6.59. The highest BCUT2D eigenvalue weighted by atomic mass is 35.5. The van der Waals surface area contributed by atoms with Crippen LogP contribution < -0.4 is 11.1 Å². The number of halogens is 2. The number of hydrogen-bond acceptors (Lipinski definition) is 3. The van der Waals surface area contributed by atoms with Crippen LogP contribution in [0.1, 0.15) is 24.3 Å². The third-order valence-electron chi connectivity index (χ3n) is 5.49. The number of nitrogens with one attached hydrogen (secondary N) is 1. The molecule has 2 aromatic rings. The first-order valence-corrected chi connectivity index (χ1v) is 10.1. The van der Waals surface area contributed by atoms with Crippen LogP contribution in [0.4, 0.5) is 0 Å². The van der Waals surface area contributed by atoms with Crippen LogP contribution in [-0.4, -0.2) is 43.2 Å². The largest absolute Gasteiger partial charge is 0.326 e. The van der Waals surface area contributed by atoms with E-state index in [9.17, 15) is 0 Å². The van der Waals surface area contributed by atoms with E-state index >= 15 is 0 Å². The molecule has 5 heteroatoms. The van der Waals surface area contributed by atoms with Crippen LogP contribution in [0.5, 0.6) is 0 Å². The standard InChI is InChI=1S/C21H25Cl2N3/c22-16-3-1-2-14(10-16)15-4-5-18(20(23)11-15)19-12-21(19)25-7-9-26-8-6-17(24)13-26/h1-5,10-11,17,19,21,25H,6-9,12-13,24H2/t17?,19-,21+/m0/s1. The molecule has 1 unspecified atom stereocenters. The Morgan fingerprint density at radius 2 is 1.96 bits per heavy atom. The molecule has 1 saturated heterocycles. The van der Waals surface area contributed by atoms with E-state index in [0.29, 0.717) is 18.0 Å². The summed E-state index contributed by atoms with van der Waals surface area (Å²) in [6, 6.07) is 15.2. The van der Waals surface area contributed by atoms with Crippen molar-refractivity contribution in [2.24, 2.45) is 5.73 Å². The molecule has 138 valence electrons. The highest BCUT2D eigenvalue weighted by molar-refractivity contribution is 6.32. The van der Waals surface area contributed by atoms with E-state index in [2.05, 4.69) is 34.5 Å². The van der Waals surface area contributed by atoms with Crippen molar-refractivity contribution in [2.45, 2.75) is 30.8 Å². The molecule has 0 aromatic heterocycles. The van der Waals surface area contributed by atoms with E-state index < -0.39 is 0 Å². The summed E-state index contributed by atoms with van der Waals surface area (Å²) in [5, 5.41) is 5.26. The van der Waals surface area contributed by atoms with Gasteiger partial charge in [-0.3, -0.25) is 0 Å². The lowest BCUT2D eigenvalue weighted by atomic mass is 10.0. The van der Waals surface area contributed by atoms with Crippen LogP contribution in [0.25, 0.3) is 11.1 Å². The van der Waals surface area contributed by atoms with Gasteiger partial charge >= 0.3 is 0 Å². The fourth-order valence-corrected chi connectivity index (χ4v) is 4.42. The monoisotopic (exact) mass is 389 g/mol.